The Balaban J connectivity index is 2.25. The molecule has 0 saturated carbocycles. The largest absolute Gasteiger partial charge is 0.367 e. The fourth-order valence-electron chi connectivity index (χ4n) is 3.46. The minimum absolute atomic E-state index is 0.0838. The Bertz CT molecular complexity index is 463. The molecule has 0 aromatic carbocycles. The van der Waals surface area contributed by atoms with Gasteiger partial charge >= 0.3 is 0 Å². The Hall–Kier alpha value is 0.120. The molecule has 21 heavy (non-hydrogen) atoms. The van der Waals surface area contributed by atoms with E-state index in [4.69, 9.17) is 16.3 Å². The molecule has 2 fully saturated rings. The van der Waals surface area contributed by atoms with E-state index >= 15 is 0 Å². The molecule has 124 valence electrons. The lowest BCUT2D eigenvalue weighted by atomic mass is 10.0. The van der Waals surface area contributed by atoms with E-state index in [9.17, 15) is 8.42 Å². The molecule has 0 aliphatic carbocycles. The highest BCUT2D eigenvalue weighted by Gasteiger charge is 2.45. The molecular weight excluding hydrogens is 312 g/mol. The van der Waals surface area contributed by atoms with Crippen molar-refractivity contribution in [2.45, 2.75) is 64.2 Å². The average Bonchev–Trinajstić information content (AvgIpc) is 2.35. The molecule has 1 unspecified atom stereocenters. The second-order valence-electron chi connectivity index (χ2n) is 7.31. The van der Waals surface area contributed by atoms with Gasteiger partial charge in [-0.05, 0) is 40.5 Å². The molecule has 2 aliphatic heterocycles. The van der Waals surface area contributed by atoms with Crippen LogP contribution in [-0.2, 0) is 14.9 Å². The summed E-state index contributed by atoms with van der Waals surface area (Å²) in [5.41, 5.74) is -0.970. The zero-order valence-corrected chi connectivity index (χ0v) is 15.0. The molecule has 0 amide bonds. The number of rotatable bonds is 3. The van der Waals surface area contributed by atoms with E-state index in [0.717, 1.165) is 19.3 Å². The molecule has 0 N–H and O–H groups in total. The highest BCUT2D eigenvalue weighted by Crippen LogP contribution is 2.32. The quantitative estimate of drug-likeness (QED) is 0.741. The fraction of sp³-hybridized carbons (Fsp3) is 1.00. The van der Waals surface area contributed by atoms with Crippen LogP contribution < -0.4 is 0 Å². The third-order valence-electron chi connectivity index (χ3n) is 4.04. The monoisotopic (exact) mass is 338 g/mol. The molecule has 0 aromatic rings. The van der Waals surface area contributed by atoms with Crippen LogP contribution in [0.1, 0.15) is 47.0 Å². The summed E-state index contributed by atoms with van der Waals surface area (Å²) < 4.78 is 35.2. The van der Waals surface area contributed by atoms with Crippen molar-refractivity contribution < 1.29 is 13.2 Å². The summed E-state index contributed by atoms with van der Waals surface area (Å²) >= 11 is 5.98. The maximum Gasteiger partial charge on any atom is 0.282 e. The van der Waals surface area contributed by atoms with E-state index in [1.807, 2.05) is 27.7 Å². The maximum absolute atomic E-state index is 13.0. The molecule has 0 bridgehead atoms. The first kappa shape index (κ1) is 17.5. The van der Waals surface area contributed by atoms with Crippen molar-refractivity contribution in [3.8, 4) is 0 Å². The van der Waals surface area contributed by atoms with Gasteiger partial charge in [0.25, 0.3) is 10.2 Å². The Morgan fingerprint density at radius 3 is 2.24 bits per heavy atom. The van der Waals surface area contributed by atoms with E-state index in [-0.39, 0.29) is 6.04 Å². The van der Waals surface area contributed by atoms with Crippen molar-refractivity contribution in [3.63, 3.8) is 0 Å². The third-order valence-corrected chi connectivity index (χ3v) is 6.38. The molecule has 2 rings (SSSR count). The molecule has 5 nitrogen and oxygen atoms in total. The number of hydrogen-bond acceptors (Lipinski definition) is 3. The molecule has 2 aliphatic rings. The van der Waals surface area contributed by atoms with Crippen LogP contribution in [0.25, 0.3) is 0 Å². The summed E-state index contributed by atoms with van der Waals surface area (Å²) in [4.78, 5) is 0. The van der Waals surface area contributed by atoms with Crippen molar-refractivity contribution in [2.75, 3.05) is 25.5 Å². The highest BCUT2D eigenvalue weighted by molar-refractivity contribution is 7.86. The van der Waals surface area contributed by atoms with Gasteiger partial charge in [-0.3, -0.25) is 0 Å². The summed E-state index contributed by atoms with van der Waals surface area (Å²) in [5.74, 6) is 0.357. The molecule has 0 radical (unpaired) electrons. The summed E-state index contributed by atoms with van der Waals surface area (Å²) in [6.45, 7) is 9.07. The zero-order valence-electron chi connectivity index (χ0n) is 13.4. The van der Waals surface area contributed by atoms with Gasteiger partial charge in [0.15, 0.2) is 0 Å². The van der Waals surface area contributed by atoms with Gasteiger partial charge in [-0.25, -0.2) is 0 Å². The number of alkyl halides is 1. The van der Waals surface area contributed by atoms with Gasteiger partial charge in [-0.1, -0.05) is 6.42 Å². The van der Waals surface area contributed by atoms with Gasteiger partial charge in [0.1, 0.15) is 0 Å². The zero-order chi connectivity index (χ0) is 15.9. The van der Waals surface area contributed by atoms with Gasteiger partial charge in [-0.15, -0.1) is 11.6 Å². The van der Waals surface area contributed by atoms with Crippen molar-refractivity contribution >= 4 is 21.8 Å². The normalized spacial score (nSPS) is 31.2. The number of ether oxygens (including phenoxy) is 1. The van der Waals surface area contributed by atoms with Crippen LogP contribution in [0.5, 0.6) is 0 Å². The van der Waals surface area contributed by atoms with Crippen molar-refractivity contribution in [2.24, 2.45) is 0 Å². The first-order valence-corrected chi connectivity index (χ1v) is 9.54. The van der Waals surface area contributed by atoms with E-state index < -0.39 is 21.4 Å². The Kier molecular flexibility index (Phi) is 4.96. The van der Waals surface area contributed by atoms with Crippen molar-refractivity contribution in [1.29, 1.82) is 0 Å². The fourth-order valence-corrected chi connectivity index (χ4v) is 6.03. The Morgan fingerprint density at radius 1 is 1.14 bits per heavy atom. The van der Waals surface area contributed by atoms with E-state index in [0.29, 0.717) is 25.5 Å². The summed E-state index contributed by atoms with van der Waals surface area (Å²) in [7, 11) is -3.49. The number of piperidine rings is 1. The first-order chi connectivity index (χ1) is 9.57. The molecule has 2 heterocycles. The van der Waals surface area contributed by atoms with E-state index in [1.54, 1.807) is 8.61 Å². The highest BCUT2D eigenvalue weighted by atomic mass is 35.5. The van der Waals surface area contributed by atoms with Crippen LogP contribution in [0.2, 0.25) is 0 Å². The number of nitrogens with zero attached hydrogens (tertiary/aromatic N) is 2. The standard InChI is InChI=1S/C14H27ClN2O3S/c1-13(2)10-16(11-14(3,4)20-13)21(18,19)17-8-6-5-7-12(17)9-15/h12H,5-11H2,1-4H3. The van der Waals surface area contributed by atoms with Crippen LogP contribution in [0, 0.1) is 0 Å². The number of morpholine rings is 1. The summed E-state index contributed by atoms with van der Waals surface area (Å²) in [6.07, 6.45) is 2.80. The molecule has 1 atom stereocenters. The molecular formula is C14H27ClN2O3S. The molecule has 0 spiro atoms. The lowest BCUT2D eigenvalue weighted by Gasteiger charge is -2.48. The topological polar surface area (TPSA) is 49.9 Å². The minimum atomic E-state index is -3.49. The second-order valence-corrected chi connectivity index (χ2v) is 9.50. The second kappa shape index (κ2) is 5.96. The van der Waals surface area contributed by atoms with E-state index in [2.05, 4.69) is 0 Å². The van der Waals surface area contributed by atoms with Crippen LogP contribution in [0.15, 0.2) is 0 Å². The molecule has 0 aromatic heterocycles. The minimum Gasteiger partial charge on any atom is -0.367 e. The predicted octanol–water partition coefficient (Wildman–Crippen LogP) is 2.21. The Morgan fingerprint density at radius 2 is 1.71 bits per heavy atom. The van der Waals surface area contributed by atoms with Crippen molar-refractivity contribution in [1.82, 2.24) is 8.61 Å². The first-order valence-electron chi connectivity index (χ1n) is 7.60. The third kappa shape index (κ3) is 3.91. The van der Waals surface area contributed by atoms with Gasteiger partial charge in [-0.2, -0.15) is 17.0 Å². The van der Waals surface area contributed by atoms with Crippen LogP contribution >= 0.6 is 11.6 Å². The summed E-state index contributed by atoms with van der Waals surface area (Å²) in [6, 6.07) is -0.0838. The van der Waals surface area contributed by atoms with Gasteiger partial charge in [0.05, 0.1) is 11.2 Å². The SMILES string of the molecule is CC1(C)CN(S(=O)(=O)N2CCCCC2CCl)CC(C)(C)O1. The molecule has 2 saturated heterocycles. The lowest BCUT2D eigenvalue weighted by molar-refractivity contribution is -0.164. The number of hydrogen-bond donors (Lipinski definition) is 0. The maximum atomic E-state index is 13.0. The van der Waals surface area contributed by atoms with Crippen molar-refractivity contribution in [3.05, 3.63) is 0 Å². The average molecular weight is 339 g/mol. The predicted molar refractivity (Wildman–Crippen MR) is 84.8 cm³/mol. The Labute approximate surface area is 133 Å². The number of halogens is 1. The van der Waals surface area contributed by atoms with Gasteiger partial charge < -0.3 is 4.74 Å². The van der Waals surface area contributed by atoms with Crippen LogP contribution in [0.3, 0.4) is 0 Å². The summed E-state index contributed by atoms with van der Waals surface area (Å²) in [5, 5.41) is 0. The lowest BCUT2D eigenvalue weighted by Crippen LogP contribution is -2.62. The van der Waals surface area contributed by atoms with Crippen LogP contribution in [0.4, 0.5) is 0 Å². The van der Waals surface area contributed by atoms with Crippen LogP contribution in [-0.4, -0.2) is 59.8 Å². The van der Waals surface area contributed by atoms with E-state index in [1.165, 1.54) is 0 Å². The smallest absolute Gasteiger partial charge is 0.282 e. The van der Waals surface area contributed by atoms with Gasteiger partial charge in [0.2, 0.25) is 0 Å². The van der Waals surface area contributed by atoms with Gasteiger partial charge in [0, 0.05) is 31.6 Å². The molecule has 7 heteroatoms.